The molecule has 1 N–H and O–H groups in total. The lowest BCUT2D eigenvalue weighted by atomic mass is 9.99. The summed E-state index contributed by atoms with van der Waals surface area (Å²) in [6.07, 6.45) is 0.0474. The zero-order valence-electron chi connectivity index (χ0n) is 11.5. The molecule has 2 heterocycles. The molecule has 108 valence electrons. The highest BCUT2D eigenvalue weighted by molar-refractivity contribution is 7.10. The molecule has 0 unspecified atom stereocenters. The van der Waals surface area contributed by atoms with Crippen LogP contribution in [0, 0.1) is 12.8 Å². The molecule has 0 radical (unpaired) electrons. The van der Waals surface area contributed by atoms with Crippen molar-refractivity contribution in [2.45, 2.75) is 19.4 Å². The average Bonchev–Trinajstić information content (AvgIpc) is 3.07. The summed E-state index contributed by atoms with van der Waals surface area (Å²) in [6, 6.07) is 11.0. The van der Waals surface area contributed by atoms with Crippen LogP contribution in [0.25, 0.3) is 0 Å². The third-order valence-electron chi connectivity index (χ3n) is 3.79. The van der Waals surface area contributed by atoms with Crippen molar-refractivity contribution < 1.29 is 14.7 Å². The highest BCUT2D eigenvalue weighted by Gasteiger charge is 2.45. The topological polar surface area (TPSA) is 57.6 Å². The molecule has 2 atom stereocenters. The summed E-state index contributed by atoms with van der Waals surface area (Å²) in [6.45, 7) is 1.98. The predicted octanol–water partition coefficient (Wildman–Crippen LogP) is 3.24. The zero-order chi connectivity index (χ0) is 15.0. The number of hydrogen-bond donors (Lipinski definition) is 1. The molecule has 1 aromatic heterocycles. The predicted molar refractivity (Wildman–Crippen MR) is 81.5 cm³/mol. The Morgan fingerprint density at radius 2 is 2.00 bits per heavy atom. The van der Waals surface area contributed by atoms with Gasteiger partial charge in [-0.2, -0.15) is 0 Å². The van der Waals surface area contributed by atoms with E-state index in [2.05, 4.69) is 0 Å². The average molecular weight is 301 g/mol. The van der Waals surface area contributed by atoms with Gasteiger partial charge in [0.2, 0.25) is 5.91 Å². The second-order valence-corrected chi connectivity index (χ2v) is 6.19. The minimum absolute atomic E-state index is 0.0474. The normalized spacial score (nSPS) is 21.8. The Morgan fingerprint density at radius 3 is 2.57 bits per heavy atom. The first-order valence-electron chi connectivity index (χ1n) is 6.73. The van der Waals surface area contributed by atoms with E-state index in [9.17, 15) is 14.7 Å². The van der Waals surface area contributed by atoms with Gasteiger partial charge in [-0.15, -0.1) is 11.3 Å². The van der Waals surface area contributed by atoms with E-state index >= 15 is 0 Å². The molecule has 0 saturated carbocycles. The number of aliphatic carboxylic acids is 1. The summed E-state index contributed by atoms with van der Waals surface area (Å²) < 4.78 is 0. The lowest BCUT2D eigenvalue weighted by Gasteiger charge is -2.26. The van der Waals surface area contributed by atoms with E-state index < -0.39 is 17.9 Å². The van der Waals surface area contributed by atoms with Crippen molar-refractivity contribution in [2.24, 2.45) is 5.92 Å². The Hall–Kier alpha value is -2.14. The summed E-state index contributed by atoms with van der Waals surface area (Å²) in [5.74, 6) is -1.75. The minimum Gasteiger partial charge on any atom is -0.481 e. The number of carbonyl (C=O) groups excluding carboxylic acids is 1. The van der Waals surface area contributed by atoms with Gasteiger partial charge in [0.15, 0.2) is 0 Å². The SMILES string of the molecule is Cc1ccc(N2C(=O)C[C@@H](C(=O)O)[C@@H]2c2cccs2)cc1. The number of carboxylic acids is 1. The van der Waals surface area contributed by atoms with Crippen LogP contribution >= 0.6 is 11.3 Å². The monoisotopic (exact) mass is 301 g/mol. The number of carboxylic acid groups (broad SMARTS) is 1. The molecular weight excluding hydrogens is 286 g/mol. The number of nitrogens with zero attached hydrogens (tertiary/aromatic N) is 1. The second-order valence-electron chi connectivity index (χ2n) is 5.21. The number of anilines is 1. The number of aryl methyl sites for hydroxylation is 1. The lowest BCUT2D eigenvalue weighted by molar-refractivity contribution is -0.142. The fraction of sp³-hybridized carbons (Fsp3) is 0.250. The zero-order valence-corrected chi connectivity index (χ0v) is 12.3. The van der Waals surface area contributed by atoms with E-state index in [1.807, 2.05) is 48.7 Å². The molecule has 0 bridgehead atoms. The number of rotatable bonds is 3. The molecule has 2 aromatic rings. The summed E-state index contributed by atoms with van der Waals surface area (Å²) in [7, 11) is 0. The number of thiophene rings is 1. The van der Waals surface area contributed by atoms with Crippen molar-refractivity contribution in [1.82, 2.24) is 0 Å². The van der Waals surface area contributed by atoms with Gasteiger partial charge in [-0.05, 0) is 30.5 Å². The smallest absolute Gasteiger partial charge is 0.309 e. The molecule has 0 aliphatic carbocycles. The third kappa shape index (κ3) is 2.45. The molecule has 0 spiro atoms. The summed E-state index contributed by atoms with van der Waals surface area (Å²) >= 11 is 1.49. The highest BCUT2D eigenvalue weighted by Crippen LogP contribution is 2.42. The molecule has 1 saturated heterocycles. The van der Waals surface area contributed by atoms with E-state index in [4.69, 9.17) is 0 Å². The van der Waals surface area contributed by atoms with Gasteiger partial charge < -0.3 is 10.0 Å². The Bertz CT molecular complexity index is 663. The van der Waals surface area contributed by atoms with Crippen molar-refractivity contribution in [3.63, 3.8) is 0 Å². The Balaban J connectivity index is 2.06. The maximum absolute atomic E-state index is 12.3. The van der Waals surface area contributed by atoms with Crippen LogP contribution in [0.1, 0.15) is 22.9 Å². The molecule has 1 aromatic carbocycles. The van der Waals surface area contributed by atoms with Gasteiger partial charge in [-0.1, -0.05) is 23.8 Å². The van der Waals surface area contributed by atoms with E-state index in [1.54, 1.807) is 4.90 Å². The summed E-state index contributed by atoms with van der Waals surface area (Å²) in [5, 5.41) is 11.3. The Kier molecular flexibility index (Phi) is 3.51. The molecular formula is C16H15NO3S. The number of benzene rings is 1. The van der Waals surface area contributed by atoms with Crippen molar-refractivity contribution >= 4 is 28.9 Å². The first kappa shape index (κ1) is 13.8. The molecule has 21 heavy (non-hydrogen) atoms. The van der Waals surface area contributed by atoms with Gasteiger partial charge in [0.25, 0.3) is 0 Å². The minimum atomic E-state index is -0.920. The van der Waals surface area contributed by atoms with Crippen LogP contribution < -0.4 is 4.90 Å². The standard InChI is InChI=1S/C16H15NO3S/c1-10-4-6-11(7-5-10)17-14(18)9-12(16(19)20)15(17)13-3-2-8-21-13/h2-8,12,15H,9H2,1H3,(H,19,20)/t12-,15-/m1/s1. The van der Waals surface area contributed by atoms with Gasteiger partial charge in [0, 0.05) is 17.0 Å². The van der Waals surface area contributed by atoms with Crippen molar-refractivity contribution in [2.75, 3.05) is 4.90 Å². The number of hydrogen-bond acceptors (Lipinski definition) is 3. The maximum atomic E-state index is 12.3. The summed E-state index contributed by atoms with van der Waals surface area (Å²) in [5.41, 5.74) is 1.86. The molecule has 1 amide bonds. The molecule has 1 aliphatic rings. The van der Waals surface area contributed by atoms with Gasteiger partial charge in [0.05, 0.1) is 12.0 Å². The molecule has 3 rings (SSSR count). The Labute approximate surface area is 126 Å². The lowest BCUT2D eigenvalue weighted by Crippen LogP contribution is -2.29. The van der Waals surface area contributed by atoms with Crippen LogP contribution in [0.15, 0.2) is 41.8 Å². The summed E-state index contributed by atoms with van der Waals surface area (Å²) in [4.78, 5) is 26.4. The highest BCUT2D eigenvalue weighted by atomic mass is 32.1. The van der Waals surface area contributed by atoms with E-state index in [0.717, 1.165) is 16.1 Å². The van der Waals surface area contributed by atoms with Crippen LogP contribution in [0.5, 0.6) is 0 Å². The maximum Gasteiger partial charge on any atom is 0.309 e. The quantitative estimate of drug-likeness (QED) is 0.947. The third-order valence-corrected chi connectivity index (χ3v) is 4.73. The fourth-order valence-electron chi connectivity index (χ4n) is 2.75. The van der Waals surface area contributed by atoms with Gasteiger partial charge >= 0.3 is 5.97 Å². The van der Waals surface area contributed by atoms with Crippen LogP contribution in [0.4, 0.5) is 5.69 Å². The second kappa shape index (κ2) is 5.33. The van der Waals surface area contributed by atoms with Crippen LogP contribution in [-0.2, 0) is 9.59 Å². The van der Waals surface area contributed by atoms with Gasteiger partial charge in [0.1, 0.15) is 0 Å². The molecule has 4 nitrogen and oxygen atoms in total. The Morgan fingerprint density at radius 1 is 1.29 bits per heavy atom. The number of amides is 1. The van der Waals surface area contributed by atoms with Crippen molar-refractivity contribution in [1.29, 1.82) is 0 Å². The first-order chi connectivity index (χ1) is 10.1. The number of carbonyl (C=O) groups is 2. The molecule has 5 heteroatoms. The first-order valence-corrected chi connectivity index (χ1v) is 7.61. The van der Waals surface area contributed by atoms with Gasteiger partial charge in [-0.3, -0.25) is 9.59 Å². The van der Waals surface area contributed by atoms with Crippen LogP contribution in [-0.4, -0.2) is 17.0 Å². The molecule has 1 aliphatic heterocycles. The fourth-order valence-corrected chi connectivity index (χ4v) is 3.63. The van der Waals surface area contributed by atoms with Crippen LogP contribution in [0.3, 0.4) is 0 Å². The van der Waals surface area contributed by atoms with E-state index in [-0.39, 0.29) is 12.3 Å². The largest absolute Gasteiger partial charge is 0.481 e. The van der Waals surface area contributed by atoms with E-state index in [1.165, 1.54) is 11.3 Å². The molecule has 1 fully saturated rings. The van der Waals surface area contributed by atoms with Crippen molar-refractivity contribution in [3.05, 3.63) is 52.2 Å². The van der Waals surface area contributed by atoms with E-state index in [0.29, 0.717) is 0 Å². The van der Waals surface area contributed by atoms with Gasteiger partial charge in [-0.25, -0.2) is 0 Å². The van der Waals surface area contributed by atoms with Crippen molar-refractivity contribution in [3.8, 4) is 0 Å². The van der Waals surface area contributed by atoms with Crippen LogP contribution in [0.2, 0.25) is 0 Å².